The van der Waals surface area contributed by atoms with E-state index < -0.39 is 12.2 Å². The highest BCUT2D eigenvalue weighted by molar-refractivity contribution is 6.28. The smallest absolute Gasteiger partial charge is 0.387 e. The van der Waals surface area contributed by atoms with Crippen LogP contribution in [0.4, 0.5) is 8.78 Å². The van der Waals surface area contributed by atoms with Crippen molar-refractivity contribution in [3.8, 4) is 11.5 Å². The molecule has 0 aliphatic rings. The molecule has 5 nitrogen and oxygen atoms in total. The molecule has 0 saturated heterocycles. The maximum absolute atomic E-state index is 12.3. The van der Waals surface area contributed by atoms with E-state index in [2.05, 4.69) is 9.72 Å². The van der Waals surface area contributed by atoms with Crippen LogP contribution in [0, 0.1) is 0 Å². The molecule has 1 heterocycles. The van der Waals surface area contributed by atoms with E-state index in [4.69, 9.17) is 16.3 Å². The van der Waals surface area contributed by atoms with Gasteiger partial charge in [-0.1, -0.05) is 0 Å². The lowest BCUT2D eigenvalue weighted by molar-refractivity contribution is -0.0511. The van der Waals surface area contributed by atoms with E-state index in [1.807, 2.05) is 0 Å². The molecule has 0 unspecified atom stereocenters. The second-order valence-electron chi connectivity index (χ2n) is 3.64. The van der Waals surface area contributed by atoms with Crippen molar-refractivity contribution in [1.29, 1.82) is 0 Å². The number of hydrogen-bond donors (Lipinski definition) is 0. The summed E-state index contributed by atoms with van der Waals surface area (Å²) in [6, 6.07) is 2.48. The van der Waals surface area contributed by atoms with Gasteiger partial charge in [-0.2, -0.15) is 8.78 Å². The van der Waals surface area contributed by atoms with Crippen LogP contribution in [0.15, 0.2) is 16.9 Å². The van der Waals surface area contributed by atoms with E-state index in [-0.39, 0.29) is 27.7 Å². The average Bonchev–Trinajstić information content (AvgIpc) is 2.36. The van der Waals surface area contributed by atoms with Crippen LogP contribution in [0.25, 0.3) is 10.9 Å². The molecule has 0 saturated carbocycles. The maximum atomic E-state index is 12.3. The van der Waals surface area contributed by atoms with Crippen molar-refractivity contribution in [3.05, 3.63) is 27.8 Å². The highest BCUT2D eigenvalue weighted by Gasteiger charge is 2.15. The summed E-state index contributed by atoms with van der Waals surface area (Å²) in [6.45, 7) is -3.02. The SMILES string of the molecule is COc1cc2nc(Cl)n(C)c(=O)c2cc1OC(F)F. The highest BCUT2D eigenvalue weighted by atomic mass is 35.5. The number of benzene rings is 1. The zero-order valence-electron chi connectivity index (χ0n) is 9.99. The molecule has 19 heavy (non-hydrogen) atoms. The molecule has 0 bridgehead atoms. The molecule has 0 N–H and O–H groups in total. The summed E-state index contributed by atoms with van der Waals surface area (Å²) < 4.78 is 34.9. The average molecular weight is 291 g/mol. The van der Waals surface area contributed by atoms with Gasteiger partial charge in [-0.25, -0.2) is 4.98 Å². The van der Waals surface area contributed by atoms with Crippen LogP contribution in [0.2, 0.25) is 5.28 Å². The summed E-state index contributed by atoms with van der Waals surface area (Å²) in [5.41, 5.74) is -0.219. The van der Waals surface area contributed by atoms with Crippen molar-refractivity contribution >= 4 is 22.5 Å². The van der Waals surface area contributed by atoms with Gasteiger partial charge < -0.3 is 9.47 Å². The molecule has 0 amide bonds. The molecule has 102 valence electrons. The Bertz CT molecular complexity index is 688. The number of fused-ring (bicyclic) bond motifs is 1. The van der Waals surface area contributed by atoms with Crippen LogP contribution in [-0.2, 0) is 7.05 Å². The third-order valence-electron chi connectivity index (χ3n) is 2.52. The molecule has 2 aromatic rings. The molecule has 0 fully saturated rings. The van der Waals surface area contributed by atoms with Gasteiger partial charge in [0.25, 0.3) is 5.56 Å². The predicted molar refractivity (Wildman–Crippen MR) is 65.2 cm³/mol. The van der Waals surface area contributed by atoms with E-state index >= 15 is 0 Å². The molecule has 2 rings (SSSR count). The van der Waals surface area contributed by atoms with Crippen molar-refractivity contribution in [3.63, 3.8) is 0 Å². The van der Waals surface area contributed by atoms with Crippen LogP contribution >= 0.6 is 11.6 Å². The molecule has 0 radical (unpaired) electrons. The van der Waals surface area contributed by atoms with Gasteiger partial charge in [0, 0.05) is 13.1 Å². The topological polar surface area (TPSA) is 53.4 Å². The zero-order valence-corrected chi connectivity index (χ0v) is 10.7. The number of aromatic nitrogens is 2. The first-order valence-electron chi connectivity index (χ1n) is 5.13. The standard InChI is InChI=1S/C11H9ClF2N2O3/c1-16-9(17)5-3-8(19-11(13)14)7(18-2)4-6(5)15-10(16)12/h3-4,11H,1-2H3. The van der Waals surface area contributed by atoms with Gasteiger partial charge in [-0.05, 0) is 17.7 Å². The van der Waals surface area contributed by atoms with Crippen LogP contribution in [0.3, 0.4) is 0 Å². The number of methoxy groups -OCH3 is 1. The molecule has 8 heteroatoms. The van der Waals surface area contributed by atoms with E-state index in [1.54, 1.807) is 0 Å². The molecule has 0 atom stereocenters. The second kappa shape index (κ2) is 5.00. The van der Waals surface area contributed by atoms with Gasteiger partial charge in [0.05, 0.1) is 18.0 Å². The number of halogens is 3. The second-order valence-corrected chi connectivity index (χ2v) is 3.98. The molecular formula is C11H9ClF2N2O3. The summed E-state index contributed by atoms with van der Waals surface area (Å²) in [7, 11) is 2.72. The Morgan fingerprint density at radius 2 is 2.05 bits per heavy atom. The van der Waals surface area contributed by atoms with Crippen LogP contribution < -0.4 is 15.0 Å². The Labute approximate surface area is 111 Å². The summed E-state index contributed by atoms with van der Waals surface area (Å²) in [5, 5.41) is 0.102. The summed E-state index contributed by atoms with van der Waals surface area (Å²) in [5.74, 6) is -0.184. The third kappa shape index (κ3) is 2.46. The number of hydrogen-bond acceptors (Lipinski definition) is 4. The van der Waals surface area contributed by atoms with Crippen LogP contribution in [0.5, 0.6) is 11.5 Å². The minimum Gasteiger partial charge on any atom is -0.493 e. The number of alkyl halides is 2. The Morgan fingerprint density at radius 1 is 1.37 bits per heavy atom. The fraction of sp³-hybridized carbons (Fsp3) is 0.273. The van der Waals surface area contributed by atoms with Crippen LogP contribution in [-0.4, -0.2) is 23.3 Å². The van der Waals surface area contributed by atoms with Gasteiger partial charge in [0.15, 0.2) is 11.5 Å². The van der Waals surface area contributed by atoms with E-state index in [0.717, 1.165) is 10.6 Å². The molecular weight excluding hydrogens is 282 g/mol. The van der Waals surface area contributed by atoms with Crippen molar-refractivity contribution in [2.45, 2.75) is 6.61 Å². The lowest BCUT2D eigenvalue weighted by Crippen LogP contribution is -2.19. The lowest BCUT2D eigenvalue weighted by Gasteiger charge is -2.11. The van der Waals surface area contributed by atoms with Gasteiger partial charge in [0.2, 0.25) is 5.28 Å². The Kier molecular flexibility index (Phi) is 3.57. The van der Waals surface area contributed by atoms with Gasteiger partial charge >= 0.3 is 6.61 Å². The third-order valence-corrected chi connectivity index (χ3v) is 2.86. The molecule has 0 aliphatic heterocycles. The molecule has 1 aromatic heterocycles. The summed E-state index contributed by atoms with van der Waals surface area (Å²) >= 11 is 5.77. The summed E-state index contributed by atoms with van der Waals surface area (Å²) in [6.07, 6.45) is 0. The van der Waals surface area contributed by atoms with E-state index in [1.165, 1.54) is 20.2 Å². The van der Waals surface area contributed by atoms with Crippen molar-refractivity contribution in [2.75, 3.05) is 7.11 Å². The monoisotopic (exact) mass is 290 g/mol. The van der Waals surface area contributed by atoms with Crippen molar-refractivity contribution in [1.82, 2.24) is 9.55 Å². The number of rotatable bonds is 3. The van der Waals surface area contributed by atoms with Gasteiger partial charge in [-0.15, -0.1) is 0 Å². The first kappa shape index (κ1) is 13.5. The van der Waals surface area contributed by atoms with E-state index in [9.17, 15) is 13.6 Å². The first-order valence-corrected chi connectivity index (χ1v) is 5.51. The fourth-order valence-corrected chi connectivity index (χ4v) is 1.77. The normalized spacial score (nSPS) is 11.1. The fourth-order valence-electron chi connectivity index (χ4n) is 1.60. The highest BCUT2D eigenvalue weighted by Crippen LogP contribution is 2.31. The molecule has 1 aromatic carbocycles. The predicted octanol–water partition coefficient (Wildman–Crippen LogP) is 2.20. The lowest BCUT2D eigenvalue weighted by atomic mass is 10.2. The number of nitrogens with zero attached hydrogens (tertiary/aromatic N) is 2. The number of ether oxygens (including phenoxy) is 2. The Morgan fingerprint density at radius 3 is 2.63 bits per heavy atom. The maximum Gasteiger partial charge on any atom is 0.387 e. The zero-order chi connectivity index (χ0) is 14.2. The molecule has 0 spiro atoms. The minimum atomic E-state index is -3.02. The van der Waals surface area contributed by atoms with E-state index in [0.29, 0.717) is 0 Å². The first-order chi connectivity index (χ1) is 8.93. The van der Waals surface area contributed by atoms with Gasteiger partial charge in [-0.3, -0.25) is 9.36 Å². The van der Waals surface area contributed by atoms with Crippen LogP contribution in [0.1, 0.15) is 0 Å². The minimum absolute atomic E-state index is 0.0120. The Hall–Kier alpha value is -1.89. The molecule has 0 aliphatic carbocycles. The van der Waals surface area contributed by atoms with Crippen molar-refractivity contribution in [2.24, 2.45) is 7.05 Å². The quantitative estimate of drug-likeness (QED) is 0.813. The summed E-state index contributed by atoms with van der Waals surface area (Å²) in [4.78, 5) is 15.9. The van der Waals surface area contributed by atoms with Gasteiger partial charge in [0.1, 0.15) is 0 Å². The van der Waals surface area contributed by atoms with Crippen molar-refractivity contribution < 1.29 is 18.3 Å². The Balaban J connectivity index is 2.75. The largest absolute Gasteiger partial charge is 0.493 e.